The minimum Gasteiger partial charge on any atom is -0.493 e. The van der Waals surface area contributed by atoms with E-state index in [0.29, 0.717) is 28.9 Å². The van der Waals surface area contributed by atoms with Crippen LogP contribution in [0.3, 0.4) is 0 Å². The van der Waals surface area contributed by atoms with Crippen molar-refractivity contribution >= 4 is 11.6 Å². The predicted octanol–water partition coefficient (Wildman–Crippen LogP) is 1.94. The molecule has 106 valence electrons. The highest BCUT2D eigenvalue weighted by Crippen LogP contribution is 2.41. The summed E-state index contributed by atoms with van der Waals surface area (Å²) in [5, 5.41) is 0. The van der Waals surface area contributed by atoms with Crippen molar-refractivity contribution in [3.8, 4) is 28.4 Å². The maximum absolute atomic E-state index is 5.72. The third-order valence-corrected chi connectivity index (χ3v) is 2.86. The van der Waals surface area contributed by atoms with Crippen molar-refractivity contribution in [1.29, 1.82) is 0 Å². The summed E-state index contributed by atoms with van der Waals surface area (Å²) >= 11 is 0. The Kier molecular flexibility index (Phi) is 3.84. The normalized spacial score (nSPS) is 10.2. The molecule has 0 radical (unpaired) electrons. The number of methoxy groups -OCH3 is 3. The van der Waals surface area contributed by atoms with E-state index in [1.54, 1.807) is 33.5 Å². The van der Waals surface area contributed by atoms with Crippen LogP contribution in [0.5, 0.6) is 17.2 Å². The first-order chi connectivity index (χ1) is 9.58. The van der Waals surface area contributed by atoms with Gasteiger partial charge in [0.15, 0.2) is 11.5 Å². The molecule has 0 fully saturated rings. The Labute approximate surface area is 117 Å². The lowest BCUT2D eigenvalue weighted by molar-refractivity contribution is 0.324. The molecule has 6 heteroatoms. The number of nitrogens with two attached hydrogens (primary N) is 2. The highest BCUT2D eigenvalue weighted by molar-refractivity contribution is 5.74. The van der Waals surface area contributed by atoms with Crippen LogP contribution in [0.4, 0.5) is 11.6 Å². The third kappa shape index (κ3) is 2.54. The van der Waals surface area contributed by atoms with Gasteiger partial charge in [-0.15, -0.1) is 0 Å². The summed E-state index contributed by atoms with van der Waals surface area (Å²) in [6, 6.07) is 7.12. The van der Waals surface area contributed by atoms with Crippen LogP contribution in [-0.4, -0.2) is 26.3 Å². The second kappa shape index (κ2) is 5.56. The molecule has 20 heavy (non-hydrogen) atoms. The molecule has 0 saturated heterocycles. The molecule has 0 spiro atoms. The van der Waals surface area contributed by atoms with Gasteiger partial charge in [0.1, 0.15) is 11.6 Å². The molecule has 2 rings (SSSR count). The van der Waals surface area contributed by atoms with Crippen molar-refractivity contribution in [3.63, 3.8) is 0 Å². The van der Waals surface area contributed by atoms with Gasteiger partial charge in [-0.25, -0.2) is 4.98 Å². The Balaban J connectivity index is 2.62. The van der Waals surface area contributed by atoms with Crippen LogP contribution >= 0.6 is 0 Å². The molecule has 0 amide bonds. The van der Waals surface area contributed by atoms with Gasteiger partial charge in [0.25, 0.3) is 0 Å². The lowest BCUT2D eigenvalue weighted by Gasteiger charge is -2.14. The Bertz CT molecular complexity index is 584. The van der Waals surface area contributed by atoms with Gasteiger partial charge < -0.3 is 25.7 Å². The second-order valence-electron chi connectivity index (χ2n) is 4.12. The van der Waals surface area contributed by atoms with Crippen molar-refractivity contribution in [2.75, 3.05) is 32.8 Å². The van der Waals surface area contributed by atoms with E-state index in [0.717, 1.165) is 11.1 Å². The number of ether oxygens (including phenoxy) is 3. The van der Waals surface area contributed by atoms with Gasteiger partial charge in [-0.3, -0.25) is 0 Å². The summed E-state index contributed by atoms with van der Waals surface area (Å²) in [5.41, 5.74) is 13.1. The van der Waals surface area contributed by atoms with Gasteiger partial charge in [0.2, 0.25) is 5.75 Å². The fraction of sp³-hybridized carbons (Fsp3) is 0.214. The maximum atomic E-state index is 5.72. The van der Waals surface area contributed by atoms with Crippen molar-refractivity contribution in [3.05, 3.63) is 24.3 Å². The number of aromatic nitrogens is 1. The van der Waals surface area contributed by atoms with Gasteiger partial charge in [-0.05, 0) is 35.4 Å². The summed E-state index contributed by atoms with van der Waals surface area (Å²) in [7, 11) is 4.69. The van der Waals surface area contributed by atoms with Crippen LogP contribution in [0.15, 0.2) is 24.3 Å². The Morgan fingerprint density at radius 2 is 1.20 bits per heavy atom. The van der Waals surface area contributed by atoms with E-state index >= 15 is 0 Å². The van der Waals surface area contributed by atoms with Gasteiger partial charge in [-0.2, -0.15) is 0 Å². The Hall–Kier alpha value is -2.63. The molecule has 0 bridgehead atoms. The molecule has 0 aliphatic rings. The maximum Gasteiger partial charge on any atom is 0.203 e. The number of hydrogen-bond acceptors (Lipinski definition) is 6. The fourth-order valence-corrected chi connectivity index (χ4v) is 1.99. The number of benzene rings is 1. The molecule has 6 nitrogen and oxygen atoms in total. The van der Waals surface area contributed by atoms with E-state index in [9.17, 15) is 0 Å². The van der Waals surface area contributed by atoms with Crippen LogP contribution in [0.2, 0.25) is 0 Å². The number of rotatable bonds is 4. The number of nitrogen functional groups attached to an aromatic ring is 2. The lowest BCUT2D eigenvalue weighted by atomic mass is 10.1. The average molecular weight is 275 g/mol. The molecule has 1 aromatic heterocycles. The molecule has 0 aliphatic carbocycles. The van der Waals surface area contributed by atoms with Crippen LogP contribution < -0.4 is 25.7 Å². The highest BCUT2D eigenvalue weighted by atomic mass is 16.5. The largest absolute Gasteiger partial charge is 0.493 e. The van der Waals surface area contributed by atoms with Crippen molar-refractivity contribution in [1.82, 2.24) is 4.98 Å². The zero-order chi connectivity index (χ0) is 14.7. The molecule has 0 unspecified atom stereocenters. The topological polar surface area (TPSA) is 92.6 Å². The molecule has 0 aliphatic heterocycles. The molecule has 0 atom stereocenters. The molecule has 1 heterocycles. The Morgan fingerprint density at radius 1 is 0.750 bits per heavy atom. The lowest BCUT2D eigenvalue weighted by Crippen LogP contribution is -1.98. The van der Waals surface area contributed by atoms with Crippen LogP contribution in [0.1, 0.15) is 0 Å². The van der Waals surface area contributed by atoms with Crippen LogP contribution in [0, 0.1) is 0 Å². The van der Waals surface area contributed by atoms with E-state index < -0.39 is 0 Å². The minimum absolute atomic E-state index is 0.355. The summed E-state index contributed by atoms with van der Waals surface area (Å²) in [6.45, 7) is 0. The predicted molar refractivity (Wildman–Crippen MR) is 78.2 cm³/mol. The van der Waals surface area contributed by atoms with Crippen molar-refractivity contribution in [2.45, 2.75) is 0 Å². The first-order valence-electron chi connectivity index (χ1n) is 5.92. The first-order valence-corrected chi connectivity index (χ1v) is 5.92. The van der Waals surface area contributed by atoms with E-state index in [1.165, 1.54) is 0 Å². The quantitative estimate of drug-likeness (QED) is 0.885. The van der Waals surface area contributed by atoms with Gasteiger partial charge in [-0.1, -0.05) is 0 Å². The van der Waals surface area contributed by atoms with E-state index in [4.69, 9.17) is 25.7 Å². The molecular formula is C14H17N3O3. The zero-order valence-corrected chi connectivity index (χ0v) is 11.6. The molecular weight excluding hydrogens is 258 g/mol. The molecule has 2 aromatic rings. The van der Waals surface area contributed by atoms with E-state index in [-0.39, 0.29) is 0 Å². The summed E-state index contributed by atoms with van der Waals surface area (Å²) in [5.74, 6) is 2.38. The minimum atomic E-state index is 0.355. The van der Waals surface area contributed by atoms with Crippen LogP contribution in [-0.2, 0) is 0 Å². The first kappa shape index (κ1) is 13.8. The van der Waals surface area contributed by atoms with Gasteiger partial charge in [0.05, 0.1) is 21.3 Å². The van der Waals surface area contributed by atoms with E-state index in [2.05, 4.69) is 4.98 Å². The summed E-state index contributed by atoms with van der Waals surface area (Å²) in [4.78, 5) is 3.95. The number of nitrogens with zero attached hydrogens (tertiary/aromatic N) is 1. The molecule has 4 N–H and O–H groups in total. The summed E-state index contributed by atoms with van der Waals surface area (Å²) in [6.07, 6.45) is 0. The highest BCUT2D eigenvalue weighted by Gasteiger charge is 2.14. The Morgan fingerprint density at radius 3 is 1.60 bits per heavy atom. The van der Waals surface area contributed by atoms with E-state index in [1.807, 2.05) is 12.1 Å². The average Bonchev–Trinajstić information content (AvgIpc) is 2.44. The number of pyridine rings is 1. The third-order valence-electron chi connectivity index (χ3n) is 2.86. The molecule has 1 aromatic carbocycles. The monoisotopic (exact) mass is 275 g/mol. The zero-order valence-electron chi connectivity index (χ0n) is 11.6. The second-order valence-corrected chi connectivity index (χ2v) is 4.12. The standard InChI is InChI=1S/C14H17N3O3/c1-18-10-4-8(5-11(19-2)14(10)20-3)9-6-12(15)17-13(16)7-9/h4-7H,1-3H3,(H4,15,16,17). The number of hydrogen-bond donors (Lipinski definition) is 2. The SMILES string of the molecule is COc1cc(-c2cc(N)nc(N)c2)cc(OC)c1OC. The smallest absolute Gasteiger partial charge is 0.203 e. The summed E-state index contributed by atoms with van der Waals surface area (Å²) < 4.78 is 15.9. The van der Waals surface area contributed by atoms with Crippen LogP contribution in [0.25, 0.3) is 11.1 Å². The fourth-order valence-electron chi connectivity index (χ4n) is 1.99. The van der Waals surface area contributed by atoms with Crippen molar-refractivity contribution < 1.29 is 14.2 Å². The number of anilines is 2. The van der Waals surface area contributed by atoms with Gasteiger partial charge >= 0.3 is 0 Å². The molecule has 0 saturated carbocycles. The van der Waals surface area contributed by atoms with Gasteiger partial charge in [0, 0.05) is 0 Å². The van der Waals surface area contributed by atoms with Crippen molar-refractivity contribution in [2.24, 2.45) is 0 Å².